The fraction of sp³-hybridized carbons (Fsp3) is 0.412. The van der Waals surface area contributed by atoms with Crippen LogP contribution in [0, 0.1) is 13.8 Å². The Hall–Kier alpha value is -2.50. The van der Waals surface area contributed by atoms with Crippen molar-refractivity contribution in [2.75, 3.05) is 7.11 Å². The number of aryl methyl sites for hydroxylation is 2. The van der Waals surface area contributed by atoms with Crippen LogP contribution in [0.15, 0.2) is 24.3 Å². The van der Waals surface area contributed by atoms with Gasteiger partial charge in [-0.05, 0) is 38.5 Å². The van der Waals surface area contributed by atoms with Gasteiger partial charge in [-0.15, -0.1) is 0 Å². The van der Waals surface area contributed by atoms with Gasteiger partial charge in [0, 0.05) is 24.8 Å². The Bertz CT molecular complexity index is 677. The van der Waals surface area contributed by atoms with Crippen LogP contribution in [0.5, 0.6) is 5.75 Å². The second-order valence-corrected chi connectivity index (χ2v) is 5.60. The van der Waals surface area contributed by atoms with E-state index < -0.39 is 0 Å². The van der Waals surface area contributed by atoms with Crippen molar-refractivity contribution in [1.82, 2.24) is 20.4 Å². The lowest BCUT2D eigenvalue weighted by Gasteiger charge is -2.15. The van der Waals surface area contributed by atoms with E-state index in [1.165, 1.54) is 0 Å². The molecule has 6 nitrogen and oxygen atoms in total. The van der Waals surface area contributed by atoms with Gasteiger partial charge in [0.2, 0.25) is 0 Å². The number of ether oxygens (including phenoxy) is 1. The molecule has 1 atom stereocenters. The molecule has 0 aliphatic rings. The van der Waals surface area contributed by atoms with Crippen LogP contribution in [-0.4, -0.2) is 22.9 Å². The molecule has 0 radical (unpaired) electrons. The summed E-state index contributed by atoms with van der Waals surface area (Å²) in [5, 5.41) is 10.2. The normalized spacial score (nSPS) is 11.9. The summed E-state index contributed by atoms with van der Waals surface area (Å²) in [7, 11) is 3.53. The molecular formula is C17H24N4O2. The second-order valence-electron chi connectivity index (χ2n) is 5.60. The topological polar surface area (TPSA) is 68.2 Å². The summed E-state index contributed by atoms with van der Waals surface area (Å²) >= 11 is 0. The summed E-state index contributed by atoms with van der Waals surface area (Å²) in [4.78, 5) is 12.1. The molecule has 0 saturated carbocycles. The van der Waals surface area contributed by atoms with Crippen LogP contribution in [-0.2, 0) is 13.6 Å². The standard InChI is InChI=1S/C17H24N4O2/c1-11(16-12(2)20-21(4)13(16)3)19-17(22)18-10-14-6-8-15(23-5)9-7-14/h6-9,11H,10H2,1-5H3,(H2,18,19,22). The fourth-order valence-electron chi connectivity index (χ4n) is 2.66. The Morgan fingerprint density at radius 3 is 2.48 bits per heavy atom. The van der Waals surface area contributed by atoms with Gasteiger partial charge in [-0.25, -0.2) is 4.79 Å². The molecular weight excluding hydrogens is 292 g/mol. The second kappa shape index (κ2) is 7.17. The highest BCUT2D eigenvalue weighted by atomic mass is 16.5. The molecule has 23 heavy (non-hydrogen) atoms. The maximum absolute atomic E-state index is 12.1. The maximum Gasteiger partial charge on any atom is 0.315 e. The third kappa shape index (κ3) is 4.03. The SMILES string of the molecule is COc1ccc(CNC(=O)NC(C)c2c(C)nn(C)c2C)cc1. The van der Waals surface area contributed by atoms with Gasteiger partial charge in [0.25, 0.3) is 0 Å². The predicted molar refractivity (Wildman–Crippen MR) is 89.5 cm³/mol. The molecule has 6 heteroatoms. The first-order valence-corrected chi connectivity index (χ1v) is 7.59. The minimum absolute atomic E-state index is 0.0976. The summed E-state index contributed by atoms with van der Waals surface area (Å²) in [5.74, 6) is 0.800. The molecule has 1 aromatic carbocycles. The number of hydrogen-bond donors (Lipinski definition) is 2. The van der Waals surface area contributed by atoms with E-state index in [9.17, 15) is 4.79 Å². The number of rotatable bonds is 5. The lowest BCUT2D eigenvalue weighted by Crippen LogP contribution is -2.36. The van der Waals surface area contributed by atoms with Crippen LogP contribution in [0.25, 0.3) is 0 Å². The molecule has 2 rings (SSSR count). The van der Waals surface area contributed by atoms with Crippen LogP contribution in [0.3, 0.4) is 0 Å². The summed E-state index contributed by atoms with van der Waals surface area (Å²) in [6.45, 7) is 6.38. The number of methoxy groups -OCH3 is 1. The van der Waals surface area contributed by atoms with Crippen molar-refractivity contribution in [2.45, 2.75) is 33.4 Å². The van der Waals surface area contributed by atoms with Gasteiger partial charge in [0.05, 0.1) is 18.8 Å². The van der Waals surface area contributed by atoms with E-state index in [1.807, 2.05) is 56.8 Å². The number of nitrogens with one attached hydrogen (secondary N) is 2. The van der Waals surface area contributed by atoms with Crippen molar-refractivity contribution < 1.29 is 9.53 Å². The minimum Gasteiger partial charge on any atom is -0.497 e. The highest BCUT2D eigenvalue weighted by Crippen LogP contribution is 2.20. The van der Waals surface area contributed by atoms with E-state index in [0.29, 0.717) is 6.54 Å². The average molecular weight is 316 g/mol. The molecule has 1 heterocycles. The summed E-state index contributed by atoms with van der Waals surface area (Å²) in [6.07, 6.45) is 0. The third-order valence-corrected chi connectivity index (χ3v) is 3.96. The Morgan fingerprint density at radius 2 is 1.96 bits per heavy atom. The van der Waals surface area contributed by atoms with Crippen LogP contribution in [0.2, 0.25) is 0 Å². The van der Waals surface area contributed by atoms with Crippen LogP contribution in [0.1, 0.15) is 35.5 Å². The Morgan fingerprint density at radius 1 is 1.30 bits per heavy atom. The van der Waals surface area contributed by atoms with E-state index in [0.717, 1.165) is 28.3 Å². The highest BCUT2D eigenvalue weighted by Gasteiger charge is 2.17. The summed E-state index contributed by atoms with van der Waals surface area (Å²) < 4.78 is 6.94. The molecule has 0 bridgehead atoms. The van der Waals surface area contributed by atoms with Crippen molar-refractivity contribution in [3.8, 4) is 5.75 Å². The van der Waals surface area contributed by atoms with Gasteiger partial charge < -0.3 is 15.4 Å². The Balaban J connectivity index is 1.91. The molecule has 1 aromatic heterocycles. The Kier molecular flexibility index (Phi) is 5.26. The number of urea groups is 1. The average Bonchev–Trinajstić information content (AvgIpc) is 2.78. The molecule has 2 aromatic rings. The molecule has 0 aliphatic heterocycles. The van der Waals surface area contributed by atoms with E-state index in [4.69, 9.17) is 4.74 Å². The van der Waals surface area contributed by atoms with Gasteiger partial charge in [0.1, 0.15) is 5.75 Å². The first-order valence-electron chi connectivity index (χ1n) is 7.59. The highest BCUT2D eigenvalue weighted by molar-refractivity contribution is 5.74. The largest absolute Gasteiger partial charge is 0.497 e. The van der Waals surface area contributed by atoms with Crippen LogP contribution >= 0.6 is 0 Å². The van der Waals surface area contributed by atoms with E-state index in [2.05, 4.69) is 15.7 Å². The molecule has 2 N–H and O–H groups in total. The molecule has 0 aliphatic carbocycles. The van der Waals surface area contributed by atoms with E-state index >= 15 is 0 Å². The van der Waals surface area contributed by atoms with E-state index in [1.54, 1.807) is 7.11 Å². The van der Waals surface area contributed by atoms with Gasteiger partial charge in [-0.2, -0.15) is 5.10 Å². The fourth-order valence-corrected chi connectivity index (χ4v) is 2.66. The van der Waals surface area contributed by atoms with Crippen molar-refractivity contribution >= 4 is 6.03 Å². The number of benzene rings is 1. The van der Waals surface area contributed by atoms with Crippen molar-refractivity contribution in [2.24, 2.45) is 7.05 Å². The molecule has 0 saturated heterocycles. The lowest BCUT2D eigenvalue weighted by atomic mass is 10.1. The zero-order valence-electron chi connectivity index (χ0n) is 14.3. The van der Waals surface area contributed by atoms with Gasteiger partial charge in [-0.1, -0.05) is 12.1 Å². The number of carbonyl (C=O) groups is 1. The maximum atomic E-state index is 12.1. The monoisotopic (exact) mass is 316 g/mol. The zero-order chi connectivity index (χ0) is 17.0. The van der Waals surface area contributed by atoms with Gasteiger partial charge in [-0.3, -0.25) is 4.68 Å². The van der Waals surface area contributed by atoms with Gasteiger partial charge >= 0.3 is 6.03 Å². The summed E-state index contributed by atoms with van der Waals surface area (Å²) in [6, 6.07) is 7.31. The van der Waals surface area contributed by atoms with Crippen LogP contribution in [0.4, 0.5) is 4.79 Å². The van der Waals surface area contributed by atoms with Crippen molar-refractivity contribution in [3.05, 3.63) is 46.8 Å². The third-order valence-electron chi connectivity index (χ3n) is 3.96. The number of nitrogens with zero attached hydrogens (tertiary/aromatic N) is 2. The zero-order valence-corrected chi connectivity index (χ0v) is 14.3. The number of amides is 2. The smallest absolute Gasteiger partial charge is 0.315 e. The number of carbonyl (C=O) groups excluding carboxylic acids is 1. The molecule has 1 unspecified atom stereocenters. The first-order chi connectivity index (χ1) is 10.9. The van der Waals surface area contributed by atoms with Crippen LogP contribution < -0.4 is 15.4 Å². The first kappa shape index (κ1) is 16.9. The van der Waals surface area contributed by atoms with E-state index in [-0.39, 0.29) is 12.1 Å². The molecule has 2 amide bonds. The van der Waals surface area contributed by atoms with Crippen molar-refractivity contribution in [3.63, 3.8) is 0 Å². The number of hydrogen-bond acceptors (Lipinski definition) is 3. The molecule has 0 fully saturated rings. The Labute approximate surface area is 136 Å². The van der Waals surface area contributed by atoms with Crippen molar-refractivity contribution in [1.29, 1.82) is 0 Å². The number of aromatic nitrogens is 2. The minimum atomic E-state index is -0.198. The lowest BCUT2D eigenvalue weighted by molar-refractivity contribution is 0.237. The van der Waals surface area contributed by atoms with Gasteiger partial charge in [0.15, 0.2) is 0 Å². The predicted octanol–water partition coefficient (Wildman–Crippen LogP) is 2.61. The molecule has 124 valence electrons. The summed E-state index contributed by atoms with van der Waals surface area (Å²) in [5.41, 5.74) is 4.08. The quantitative estimate of drug-likeness (QED) is 0.891. The molecule has 0 spiro atoms.